The molecule has 6 nitrogen and oxygen atoms in total. The first-order chi connectivity index (χ1) is 9.74. The number of benzene rings is 1. The van der Waals surface area contributed by atoms with Crippen molar-refractivity contribution in [1.29, 1.82) is 0 Å². The second-order valence-corrected chi connectivity index (χ2v) is 4.14. The molecule has 0 spiro atoms. The smallest absolute Gasteiger partial charge is 0.322 e. The van der Waals surface area contributed by atoms with Gasteiger partial charge in [0.15, 0.2) is 11.6 Å². The molecule has 0 amide bonds. The molecule has 0 saturated carbocycles. The summed E-state index contributed by atoms with van der Waals surface area (Å²) in [6, 6.07) is 10.9. The molecular weight excluding hydrogens is 258 g/mol. The van der Waals surface area contributed by atoms with E-state index in [-0.39, 0.29) is 6.54 Å². The van der Waals surface area contributed by atoms with E-state index in [0.29, 0.717) is 17.4 Å². The molecule has 0 atom stereocenters. The minimum absolute atomic E-state index is 0.210. The number of nitrogens with one attached hydrogen (secondary N) is 1. The maximum Gasteiger partial charge on any atom is 0.322 e. The van der Waals surface area contributed by atoms with Crippen molar-refractivity contribution >= 4 is 22.7 Å². The number of furan rings is 1. The highest BCUT2D eigenvalue weighted by molar-refractivity contribution is 5.91. The van der Waals surface area contributed by atoms with E-state index in [1.165, 1.54) is 6.26 Å². The summed E-state index contributed by atoms with van der Waals surface area (Å²) in [5.74, 6) is 0.479. The van der Waals surface area contributed by atoms with Gasteiger partial charge in [0.05, 0.1) is 11.8 Å². The molecule has 3 rings (SSSR count). The second kappa shape index (κ2) is 5.00. The number of anilines is 1. The number of hydrogen-bond donors (Lipinski definition) is 2. The zero-order valence-electron chi connectivity index (χ0n) is 10.4. The lowest BCUT2D eigenvalue weighted by Gasteiger charge is -2.08. The van der Waals surface area contributed by atoms with Gasteiger partial charge in [-0.1, -0.05) is 12.1 Å². The number of aliphatic carboxylic acids is 1. The van der Waals surface area contributed by atoms with Crippen LogP contribution in [0.4, 0.5) is 5.82 Å². The predicted octanol–water partition coefficient (Wildman–Crippen LogP) is 2.39. The summed E-state index contributed by atoms with van der Waals surface area (Å²) in [4.78, 5) is 19.4. The van der Waals surface area contributed by atoms with Gasteiger partial charge in [-0.2, -0.15) is 0 Å². The number of carboxylic acids is 1. The highest BCUT2D eigenvalue weighted by Gasteiger charge is 2.11. The number of para-hydroxylation sites is 1. The Morgan fingerprint density at radius 3 is 2.80 bits per heavy atom. The highest BCUT2D eigenvalue weighted by Crippen LogP contribution is 2.24. The van der Waals surface area contributed by atoms with Crippen molar-refractivity contribution in [2.45, 2.75) is 0 Å². The number of nitrogens with zero attached hydrogens (tertiary/aromatic N) is 2. The Morgan fingerprint density at radius 1 is 1.20 bits per heavy atom. The zero-order chi connectivity index (χ0) is 13.9. The van der Waals surface area contributed by atoms with Crippen molar-refractivity contribution in [2.75, 3.05) is 11.9 Å². The molecule has 1 aromatic carbocycles. The lowest BCUT2D eigenvalue weighted by molar-refractivity contribution is -0.134. The van der Waals surface area contributed by atoms with Gasteiger partial charge in [-0.05, 0) is 24.3 Å². The van der Waals surface area contributed by atoms with E-state index in [2.05, 4.69) is 15.3 Å². The number of carboxylic acid groups (broad SMARTS) is 1. The topological polar surface area (TPSA) is 88.2 Å². The first-order valence-corrected chi connectivity index (χ1v) is 6.00. The number of rotatable bonds is 4. The molecule has 0 unspecified atom stereocenters. The standard InChI is InChI=1S/C14H11N3O3/c18-12(19)8-15-13-9-4-1-2-5-10(9)16-14(17-13)11-6-3-7-20-11/h1-7H,8H2,(H,18,19)(H,15,16,17). The van der Waals surface area contributed by atoms with E-state index in [0.717, 1.165) is 10.9 Å². The van der Waals surface area contributed by atoms with Gasteiger partial charge < -0.3 is 14.8 Å². The van der Waals surface area contributed by atoms with Crippen LogP contribution in [0.15, 0.2) is 47.1 Å². The predicted molar refractivity (Wildman–Crippen MR) is 73.4 cm³/mol. The van der Waals surface area contributed by atoms with E-state index >= 15 is 0 Å². The molecule has 0 saturated heterocycles. The highest BCUT2D eigenvalue weighted by atomic mass is 16.4. The molecule has 2 N–H and O–H groups in total. The van der Waals surface area contributed by atoms with Crippen molar-refractivity contribution in [2.24, 2.45) is 0 Å². The summed E-state index contributed by atoms with van der Waals surface area (Å²) in [6.07, 6.45) is 1.54. The van der Waals surface area contributed by atoms with E-state index in [9.17, 15) is 4.79 Å². The molecule has 6 heteroatoms. The molecule has 2 aromatic heterocycles. The summed E-state index contributed by atoms with van der Waals surface area (Å²) < 4.78 is 5.28. The first kappa shape index (κ1) is 12.2. The summed E-state index contributed by atoms with van der Waals surface area (Å²) in [6.45, 7) is -0.210. The summed E-state index contributed by atoms with van der Waals surface area (Å²) in [5, 5.41) is 12.3. The van der Waals surface area contributed by atoms with Crippen molar-refractivity contribution < 1.29 is 14.3 Å². The Balaban J connectivity index is 2.12. The van der Waals surface area contributed by atoms with Crippen molar-refractivity contribution in [3.05, 3.63) is 42.7 Å². The van der Waals surface area contributed by atoms with Crippen LogP contribution in [0.2, 0.25) is 0 Å². The second-order valence-electron chi connectivity index (χ2n) is 4.14. The van der Waals surface area contributed by atoms with Crippen LogP contribution in [0, 0.1) is 0 Å². The zero-order valence-corrected chi connectivity index (χ0v) is 10.4. The minimum Gasteiger partial charge on any atom is -0.480 e. The van der Waals surface area contributed by atoms with Gasteiger partial charge in [0, 0.05) is 5.39 Å². The normalized spacial score (nSPS) is 10.6. The van der Waals surface area contributed by atoms with Crippen LogP contribution in [-0.4, -0.2) is 27.6 Å². The Hall–Kier alpha value is -2.89. The fraction of sp³-hybridized carbons (Fsp3) is 0.0714. The lowest BCUT2D eigenvalue weighted by Crippen LogP contribution is -2.14. The third kappa shape index (κ3) is 2.31. The van der Waals surface area contributed by atoms with Crippen LogP contribution in [0.25, 0.3) is 22.5 Å². The van der Waals surface area contributed by atoms with Gasteiger partial charge in [-0.15, -0.1) is 0 Å². The summed E-state index contributed by atoms with van der Waals surface area (Å²) >= 11 is 0. The third-order valence-electron chi connectivity index (χ3n) is 2.75. The molecule has 0 aliphatic carbocycles. The molecule has 0 bridgehead atoms. The maximum atomic E-state index is 10.7. The molecule has 20 heavy (non-hydrogen) atoms. The van der Waals surface area contributed by atoms with Crippen molar-refractivity contribution in [3.8, 4) is 11.6 Å². The van der Waals surface area contributed by atoms with Crippen molar-refractivity contribution in [1.82, 2.24) is 9.97 Å². The third-order valence-corrected chi connectivity index (χ3v) is 2.75. The summed E-state index contributed by atoms with van der Waals surface area (Å²) in [7, 11) is 0. The number of aromatic nitrogens is 2. The Morgan fingerprint density at radius 2 is 2.05 bits per heavy atom. The Labute approximate surface area is 114 Å². The molecule has 2 heterocycles. The van der Waals surface area contributed by atoms with Gasteiger partial charge in [-0.3, -0.25) is 4.79 Å². The van der Waals surface area contributed by atoms with E-state index in [1.807, 2.05) is 24.3 Å². The summed E-state index contributed by atoms with van der Waals surface area (Å²) in [5.41, 5.74) is 0.724. The SMILES string of the molecule is O=C(O)CNc1nc(-c2ccco2)nc2ccccc12. The van der Waals surface area contributed by atoms with Crippen LogP contribution >= 0.6 is 0 Å². The quantitative estimate of drug-likeness (QED) is 0.756. The monoisotopic (exact) mass is 269 g/mol. The van der Waals surface area contributed by atoms with Crippen LogP contribution in [-0.2, 0) is 4.79 Å². The van der Waals surface area contributed by atoms with Gasteiger partial charge in [0.1, 0.15) is 12.4 Å². The fourth-order valence-electron chi connectivity index (χ4n) is 1.89. The molecular formula is C14H11N3O3. The molecule has 3 aromatic rings. The van der Waals surface area contributed by atoms with Crippen LogP contribution in [0.1, 0.15) is 0 Å². The Bertz CT molecular complexity index is 753. The van der Waals surface area contributed by atoms with Crippen LogP contribution < -0.4 is 5.32 Å². The molecule has 100 valence electrons. The number of carbonyl (C=O) groups is 1. The largest absolute Gasteiger partial charge is 0.480 e. The molecule has 0 radical (unpaired) electrons. The average molecular weight is 269 g/mol. The molecule has 0 aliphatic rings. The van der Waals surface area contributed by atoms with Gasteiger partial charge in [0.2, 0.25) is 0 Å². The van der Waals surface area contributed by atoms with Gasteiger partial charge in [0.25, 0.3) is 0 Å². The first-order valence-electron chi connectivity index (χ1n) is 6.00. The van der Waals surface area contributed by atoms with E-state index in [1.54, 1.807) is 12.1 Å². The fourth-order valence-corrected chi connectivity index (χ4v) is 1.89. The van der Waals surface area contributed by atoms with Gasteiger partial charge in [-0.25, -0.2) is 9.97 Å². The van der Waals surface area contributed by atoms with Crippen LogP contribution in [0.5, 0.6) is 0 Å². The van der Waals surface area contributed by atoms with E-state index in [4.69, 9.17) is 9.52 Å². The lowest BCUT2D eigenvalue weighted by atomic mass is 10.2. The van der Waals surface area contributed by atoms with Gasteiger partial charge >= 0.3 is 5.97 Å². The Kier molecular flexibility index (Phi) is 3.04. The van der Waals surface area contributed by atoms with E-state index < -0.39 is 5.97 Å². The molecule has 0 fully saturated rings. The number of hydrogen-bond acceptors (Lipinski definition) is 5. The van der Waals surface area contributed by atoms with Crippen molar-refractivity contribution in [3.63, 3.8) is 0 Å². The average Bonchev–Trinajstić information content (AvgIpc) is 2.98. The number of fused-ring (bicyclic) bond motifs is 1. The minimum atomic E-state index is -0.952. The molecule has 0 aliphatic heterocycles. The van der Waals surface area contributed by atoms with Crippen LogP contribution in [0.3, 0.4) is 0 Å². The maximum absolute atomic E-state index is 10.7.